The summed E-state index contributed by atoms with van der Waals surface area (Å²) in [6, 6.07) is 11.4. The minimum absolute atomic E-state index is 0.542. The molecule has 0 fully saturated rings. The Morgan fingerprint density at radius 3 is 2.95 bits per heavy atom. The number of benzene rings is 2. The second-order valence-corrected chi connectivity index (χ2v) is 5.26. The number of hydrogen-bond donors (Lipinski definition) is 2. The van der Waals surface area contributed by atoms with Crippen LogP contribution in [0.25, 0.3) is 0 Å². The molecular formula is C16H16ClNO2. The molecule has 2 aromatic carbocycles. The van der Waals surface area contributed by atoms with Crippen LogP contribution < -0.4 is 10.1 Å². The van der Waals surface area contributed by atoms with Gasteiger partial charge < -0.3 is 15.2 Å². The molecule has 4 heteroatoms. The third-order valence-corrected chi connectivity index (χ3v) is 3.98. The van der Waals surface area contributed by atoms with Gasteiger partial charge in [0.05, 0.1) is 12.1 Å². The van der Waals surface area contributed by atoms with Crippen molar-refractivity contribution in [1.82, 2.24) is 0 Å². The van der Waals surface area contributed by atoms with Crippen LogP contribution >= 0.6 is 11.6 Å². The molecule has 1 aliphatic heterocycles. The molecule has 20 heavy (non-hydrogen) atoms. The van der Waals surface area contributed by atoms with Crippen LogP contribution in [-0.2, 0) is 6.42 Å². The molecule has 3 rings (SSSR count). The molecule has 0 radical (unpaired) electrons. The van der Waals surface area contributed by atoms with Gasteiger partial charge in [0.25, 0.3) is 0 Å². The predicted molar refractivity (Wildman–Crippen MR) is 80.7 cm³/mol. The highest BCUT2D eigenvalue weighted by atomic mass is 35.5. The summed E-state index contributed by atoms with van der Waals surface area (Å²) in [5.74, 6) is 0.573. The van der Waals surface area contributed by atoms with Gasteiger partial charge in [0.15, 0.2) is 0 Å². The molecule has 1 atom stereocenters. The topological polar surface area (TPSA) is 41.5 Å². The van der Waals surface area contributed by atoms with Gasteiger partial charge in [0.1, 0.15) is 11.9 Å². The Morgan fingerprint density at radius 1 is 1.30 bits per heavy atom. The fourth-order valence-electron chi connectivity index (χ4n) is 2.62. The van der Waals surface area contributed by atoms with E-state index in [1.165, 1.54) is 5.56 Å². The van der Waals surface area contributed by atoms with Crippen molar-refractivity contribution >= 4 is 17.3 Å². The van der Waals surface area contributed by atoms with Gasteiger partial charge in [-0.05, 0) is 29.7 Å². The van der Waals surface area contributed by atoms with Crippen LogP contribution in [0.15, 0.2) is 36.4 Å². The number of fused-ring (bicyclic) bond motifs is 1. The average molecular weight is 290 g/mol. The number of halogens is 1. The van der Waals surface area contributed by atoms with Crippen molar-refractivity contribution in [3.05, 3.63) is 58.1 Å². The van der Waals surface area contributed by atoms with Crippen LogP contribution in [0.1, 0.15) is 22.8 Å². The van der Waals surface area contributed by atoms with Crippen molar-refractivity contribution in [3.8, 4) is 5.75 Å². The molecular weight excluding hydrogens is 274 g/mol. The minimum atomic E-state index is -0.693. The maximum Gasteiger partial charge on any atom is 0.137 e. The molecule has 1 aliphatic rings. The molecule has 0 aliphatic carbocycles. The van der Waals surface area contributed by atoms with E-state index < -0.39 is 6.10 Å². The maximum atomic E-state index is 10.6. The highest BCUT2D eigenvalue weighted by Gasteiger charge is 2.20. The van der Waals surface area contributed by atoms with Crippen LogP contribution in [0, 0.1) is 0 Å². The van der Waals surface area contributed by atoms with E-state index in [1.807, 2.05) is 18.2 Å². The van der Waals surface area contributed by atoms with Gasteiger partial charge in [-0.25, -0.2) is 0 Å². The van der Waals surface area contributed by atoms with Crippen LogP contribution in [0.2, 0.25) is 5.02 Å². The van der Waals surface area contributed by atoms with E-state index in [-0.39, 0.29) is 0 Å². The van der Waals surface area contributed by atoms with Crippen LogP contribution in [-0.4, -0.2) is 18.8 Å². The first kappa shape index (κ1) is 13.3. The first-order valence-corrected chi connectivity index (χ1v) is 6.95. The lowest BCUT2D eigenvalue weighted by atomic mass is 9.97. The lowest BCUT2D eigenvalue weighted by Gasteiger charge is -2.17. The summed E-state index contributed by atoms with van der Waals surface area (Å²) >= 11 is 6.02. The number of hydrogen-bond acceptors (Lipinski definition) is 3. The smallest absolute Gasteiger partial charge is 0.137 e. The Balaban J connectivity index is 2.01. The Kier molecular flexibility index (Phi) is 3.55. The fraction of sp³-hybridized carbons (Fsp3) is 0.250. The number of methoxy groups -OCH3 is 1. The van der Waals surface area contributed by atoms with Crippen LogP contribution in [0.5, 0.6) is 5.75 Å². The van der Waals surface area contributed by atoms with Crippen molar-refractivity contribution in [2.45, 2.75) is 12.5 Å². The molecule has 104 valence electrons. The van der Waals surface area contributed by atoms with E-state index in [4.69, 9.17) is 16.3 Å². The molecule has 0 bridgehead atoms. The summed E-state index contributed by atoms with van der Waals surface area (Å²) in [5.41, 5.74) is 3.97. The highest BCUT2D eigenvalue weighted by molar-refractivity contribution is 6.32. The average Bonchev–Trinajstić information content (AvgIpc) is 2.95. The molecule has 2 aromatic rings. The number of para-hydroxylation sites is 1. The number of aliphatic hydroxyl groups excluding tert-OH is 1. The zero-order valence-corrected chi connectivity index (χ0v) is 11.9. The summed E-state index contributed by atoms with van der Waals surface area (Å²) in [6.07, 6.45) is 0.307. The van der Waals surface area contributed by atoms with Crippen molar-refractivity contribution < 1.29 is 9.84 Å². The number of rotatable bonds is 3. The zero-order valence-electron chi connectivity index (χ0n) is 11.2. The van der Waals surface area contributed by atoms with Gasteiger partial charge in [-0.3, -0.25) is 0 Å². The number of nitrogens with one attached hydrogen (secondary N) is 1. The maximum absolute atomic E-state index is 10.6. The van der Waals surface area contributed by atoms with Crippen molar-refractivity contribution in [2.24, 2.45) is 0 Å². The molecule has 1 unspecified atom stereocenters. The SMILES string of the molecule is COc1cc(C(O)c2cccc3c2NCC3)ccc1Cl. The summed E-state index contributed by atoms with van der Waals surface area (Å²) in [6.45, 7) is 0.920. The summed E-state index contributed by atoms with van der Waals surface area (Å²) in [5, 5.41) is 14.5. The molecule has 0 saturated heterocycles. The van der Waals surface area contributed by atoms with E-state index in [1.54, 1.807) is 19.2 Å². The van der Waals surface area contributed by atoms with E-state index in [2.05, 4.69) is 11.4 Å². The van der Waals surface area contributed by atoms with E-state index >= 15 is 0 Å². The number of ether oxygens (including phenoxy) is 1. The van der Waals surface area contributed by atoms with Gasteiger partial charge in [0.2, 0.25) is 0 Å². The molecule has 0 amide bonds. The fourth-order valence-corrected chi connectivity index (χ4v) is 2.81. The first-order valence-electron chi connectivity index (χ1n) is 6.58. The molecule has 1 heterocycles. The van der Waals surface area contributed by atoms with E-state index in [9.17, 15) is 5.11 Å². The lowest BCUT2D eigenvalue weighted by molar-refractivity contribution is 0.220. The summed E-state index contributed by atoms with van der Waals surface area (Å²) < 4.78 is 5.21. The quantitative estimate of drug-likeness (QED) is 0.910. The zero-order chi connectivity index (χ0) is 14.1. The Bertz CT molecular complexity index is 642. The number of aliphatic hydroxyl groups is 1. The molecule has 2 N–H and O–H groups in total. The minimum Gasteiger partial charge on any atom is -0.495 e. The van der Waals surface area contributed by atoms with Gasteiger partial charge in [0, 0.05) is 17.8 Å². The van der Waals surface area contributed by atoms with E-state index in [0.717, 1.165) is 29.8 Å². The summed E-state index contributed by atoms with van der Waals surface area (Å²) in [4.78, 5) is 0. The molecule has 3 nitrogen and oxygen atoms in total. The van der Waals surface area contributed by atoms with Gasteiger partial charge >= 0.3 is 0 Å². The van der Waals surface area contributed by atoms with Crippen molar-refractivity contribution in [3.63, 3.8) is 0 Å². The molecule has 0 spiro atoms. The normalized spacial score (nSPS) is 14.6. The van der Waals surface area contributed by atoms with Crippen molar-refractivity contribution in [2.75, 3.05) is 19.0 Å². The highest BCUT2D eigenvalue weighted by Crippen LogP contribution is 2.36. The van der Waals surface area contributed by atoms with Crippen LogP contribution in [0.3, 0.4) is 0 Å². The van der Waals surface area contributed by atoms with Crippen LogP contribution in [0.4, 0.5) is 5.69 Å². The standard InChI is InChI=1S/C16H16ClNO2/c1-20-14-9-11(5-6-13(14)17)16(19)12-4-2-3-10-7-8-18-15(10)12/h2-6,9,16,18-19H,7-8H2,1H3. The lowest BCUT2D eigenvalue weighted by Crippen LogP contribution is -2.04. The Labute approximate surface area is 123 Å². The summed E-state index contributed by atoms with van der Waals surface area (Å²) in [7, 11) is 1.57. The predicted octanol–water partition coefficient (Wildman–Crippen LogP) is 3.40. The third kappa shape index (κ3) is 2.23. The first-order chi connectivity index (χ1) is 9.70. The van der Waals surface area contributed by atoms with E-state index in [0.29, 0.717) is 10.8 Å². The number of anilines is 1. The Hall–Kier alpha value is -1.71. The third-order valence-electron chi connectivity index (χ3n) is 3.66. The second-order valence-electron chi connectivity index (χ2n) is 4.85. The largest absolute Gasteiger partial charge is 0.495 e. The second kappa shape index (κ2) is 5.35. The van der Waals surface area contributed by atoms with Gasteiger partial charge in [-0.2, -0.15) is 0 Å². The Morgan fingerprint density at radius 2 is 2.15 bits per heavy atom. The molecule has 0 saturated carbocycles. The molecule has 0 aromatic heterocycles. The van der Waals surface area contributed by atoms with Gasteiger partial charge in [-0.15, -0.1) is 0 Å². The monoisotopic (exact) mass is 289 g/mol. The van der Waals surface area contributed by atoms with Gasteiger partial charge in [-0.1, -0.05) is 35.9 Å². The van der Waals surface area contributed by atoms with Crippen molar-refractivity contribution in [1.29, 1.82) is 0 Å².